The van der Waals surface area contributed by atoms with Gasteiger partial charge in [-0.05, 0) is 42.9 Å². The van der Waals surface area contributed by atoms with Gasteiger partial charge in [-0.3, -0.25) is 0 Å². The van der Waals surface area contributed by atoms with Crippen molar-refractivity contribution in [3.63, 3.8) is 0 Å². The SMILES string of the molecule is CC1CCCN(c2ncc3cc(F)ccc3n2)CC1C. The highest BCUT2D eigenvalue weighted by molar-refractivity contribution is 5.78. The summed E-state index contributed by atoms with van der Waals surface area (Å²) in [5, 5.41) is 0.755. The van der Waals surface area contributed by atoms with E-state index < -0.39 is 0 Å². The maximum Gasteiger partial charge on any atom is 0.225 e. The van der Waals surface area contributed by atoms with Crippen molar-refractivity contribution in [2.24, 2.45) is 11.8 Å². The van der Waals surface area contributed by atoms with Crippen LogP contribution in [0.2, 0.25) is 0 Å². The smallest absolute Gasteiger partial charge is 0.225 e. The van der Waals surface area contributed by atoms with Crippen molar-refractivity contribution in [2.75, 3.05) is 18.0 Å². The lowest BCUT2D eigenvalue weighted by Crippen LogP contribution is -2.30. The van der Waals surface area contributed by atoms with E-state index >= 15 is 0 Å². The van der Waals surface area contributed by atoms with E-state index in [1.54, 1.807) is 12.3 Å². The molecule has 0 radical (unpaired) electrons. The molecule has 106 valence electrons. The average Bonchev–Trinajstić information content (AvgIpc) is 2.61. The first-order valence-corrected chi connectivity index (χ1v) is 7.31. The third kappa shape index (κ3) is 2.60. The van der Waals surface area contributed by atoms with E-state index in [9.17, 15) is 4.39 Å². The van der Waals surface area contributed by atoms with E-state index in [0.717, 1.165) is 35.9 Å². The van der Waals surface area contributed by atoms with E-state index in [2.05, 4.69) is 28.7 Å². The molecule has 1 fully saturated rings. The van der Waals surface area contributed by atoms with Crippen LogP contribution in [-0.4, -0.2) is 23.1 Å². The van der Waals surface area contributed by atoms with Crippen LogP contribution >= 0.6 is 0 Å². The predicted octanol–water partition coefficient (Wildman–Crippen LogP) is 3.64. The summed E-state index contributed by atoms with van der Waals surface area (Å²) in [6, 6.07) is 4.65. The molecule has 1 saturated heterocycles. The van der Waals surface area contributed by atoms with Crippen molar-refractivity contribution < 1.29 is 4.39 Å². The van der Waals surface area contributed by atoms with Crippen molar-refractivity contribution >= 4 is 16.9 Å². The molecule has 0 N–H and O–H groups in total. The molecule has 4 heteroatoms. The van der Waals surface area contributed by atoms with Crippen LogP contribution < -0.4 is 4.90 Å². The second-order valence-corrected chi connectivity index (χ2v) is 5.92. The fraction of sp³-hybridized carbons (Fsp3) is 0.500. The van der Waals surface area contributed by atoms with E-state index in [1.807, 2.05) is 0 Å². The number of hydrogen-bond donors (Lipinski definition) is 0. The monoisotopic (exact) mass is 273 g/mol. The second-order valence-electron chi connectivity index (χ2n) is 5.92. The number of aromatic nitrogens is 2. The van der Waals surface area contributed by atoms with Gasteiger partial charge in [0.2, 0.25) is 5.95 Å². The molecule has 1 aliphatic heterocycles. The van der Waals surface area contributed by atoms with Crippen LogP contribution in [0.5, 0.6) is 0 Å². The van der Waals surface area contributed by atoms with Crippen molar-refractivity contribution in [1.82, 2.24) is 9.97 Å². The molecular formula is C16H20FN3. The summed E-state index contributed by atoms with van der Waals surface area (Å²) in [6.45, 7) is 6.60. The molecule has 0 amide bonds. The second kappa shape index (κ2) is 5.35. The minimum Gasteiger partial charge on any atom is -0.341 e. The number of fused-ring (bicyclic) bond motifs is 1. The fourth-order valence-corrected chi connectivity index (χ4v) is 2.84. The summed E-state index contributed by atoms with van der Waals surface area (Å²) in [5.41, 5.74) is 0.807. The number of benzene rings is 1. The number of hydrogen-bond acceptors (Lipinski definition) is 3. The standard InChI is InChI=1S/C16H20FN3/c1-11-4-3-7-20(10-12(11)2)16-18-9-13-8-14(17)5-6-15(13)19-16/h5-6,8-9,11-12H,3-4,7,10H2,1-2H3. The topological polar surface area (TPSA) is 29.0 Å². The first kappa shape index (κ1) is 13.3. The lowest BCUT2D eigenvalue weighted by molar-refractivity contribution is 0.390. The van der Waals surface area contributed by atoms with Gasteiger partial charge < -0.3 is 4.90 Å². The third-order valence-corrected chi connectivity index (χ3v) is 4.38. The quantitative estimate of drug-likeness (QED) is 0.794. The summed E-state index contributed by atoms with van der Waals surface area (Å²) in [5.74, 6) is 1.91. The summed E-state index contributed by atoms with van der Waals surface area (Å²) >= 11 is 0. The maximum atomic E-state index is 13.2. The minimum absolute atomic E-state index is 0.244. The Labute approximate surface area is 118 Å². The highest BCUT2D eigenvalue weighted by Gasteiger charge is 2.22. The molecule has 1 aromatic heterocycles. The van der Waals surface area contributed by atoms with Crippen molar-refractivity contribution in [1.29, 1.82) is 0 Å². The predicted molar refractivity (Wildman–Crippen MR) is 79.3 cm³/mol. The molecule has 2 atom stereocenters. The first-order valence-electron chi connectivity index (χ1n) is 7.31. The van der Waals surface area contributed by atoms with Gasteiger partial charge in [-0.1, -0.05) is 13.8 Å². The largest absolute Gasteiger partial charge is 0.341 e. The molecule has 1 aliphatic rings. The van der Waals surface area contributed by atoms with Crippen LogP contribution in [0.1, 0.15) is 26.7 Å². The van der Waals surface area contributed by atoms with Crippen LogP contribution in [-0.2, 0) is 0 Å². The molecule has 0 bridgehead atoms. The van der Waals surface area contributed by atoms with Gasteiger partial charge in [0.25, 0.3) is 0 Å². The normalized spacial score (nSPS) is 23.9. The molecule has 0 saturated carbocycles. The Morgan fingerprint density at radius 1 is 1.25 bits per heavy atom. The van der Waals surface area contributed by atoms with E-state index in [4.69, 9.17) is 0 Å². The van der Waals surface area contributed by atoms with Gasteiger partial charge in [0.05, 0.1) is 5.52 Å². The molecule has 3 rings (SSSR count). The number of nitrogens with zero attached hydrogens (tertiary/aromatic N) is 3. The average molecular weight is 273 g/mol. The van der Waals surface area contributed by atoms with E-state index in [1.165, 1.54) is 25.0 Å². The molecule has 2 unspecified atom stereocenters. The Morgan fingerprint density at radius 3 is 2.95 bits per heavy atom. The van der Waals surface area contributed by atoms with Crippen molar-refractivity contribution in [2.45, 2.75) is 26.7 Å². The van der Waals surface area contributed by atoms with Crippen molar-refractivity contribution in [3.05, 3.63) is 30.2 Å². The van der Waals surface area contributed by atoms with Gasteiger partial charge in [0.1, 0.15) is 5.82 Å². The van der Waals surface area contributed by atoms with Gasteiger partial charge in [-0.15, -0.1) is 0 Å². The molecule has 0 aliphatic carbocycles. The molecule has 2 aromatic rings. The van der Waals surface area contributed by atoms with Gasteiger partial charge in [0, 0.05) is 24.7 Å². The summed E-state index contributed by atoms with van der Waals surface area (Å²) in [7, 11) is 0. The third-order valence-electron chi connectivity index (χ3n) is 4.38. The molecule has 3 nitrogen and oxygen atoms in total. The molecule has 20 heavy (non-hydrogen) atoms. The van der Waals surface area contributed by atoms with Crippen LogP contribution in [0.25, 0.3) is 10.9 Å². The number of anilines is 1. The number of rotatable bonds is 1. The zero-order valence-corrected chi connectivity index (χ0v) is 12.0. The molecule has 2 heterocycles. The fourth-order valence-electron chi connectivity index (χ4n) is 2.84. The molecule has 0 spiro atoms. The lowest BCUT2D eigenvalue weighted by Gasteiger charge is -2.24. The van der Waals surface area contributed by atoms with Gasteiger partial charge in [0.15, 0.2) is 0 Å². The Kier molecular flexibility index (Phi) is 3.55. The van der Waals surface area contributed by atoms with Crippen LogP contribution in [0.3, 0.4) is 0 Å². The van der Waals surface area contributed by atoms with Gasteiger partial charge in [-0.25, -0.2) is 14.4 Å². The van der Waals surface area contributed by atoms with Crippen molar-refractivity contribution in [3.8, 4) is 0 Å². The van der Waals surface area contributed by atoms with Crippen LogP contribution in [0.4, 0.5) is 10.3 Å². The zero-order valence-electron chi connectivity index (χ0n) is 12.0. The maximum absolute atomic E-state index is 13.2. The van der Waals surface area contributed by atoms with Gasteiger partial charge >= 0.3 is 0 Å². The Morgan fingerprint density at radius 2 is 2.10 bits per heavy atom. The Hall–Kier alpha value is -1.71. The summed E-state index contributed by atoms with van der Waals surface area (Å²) in [6.07, 6.45) is 4.16. The molecule has 1 aromatic carbocycles. The van der Waals surface area contributed by atoms with Crippen LogP contribution in [0, 0.1) is 17.7 Å². The summed E-state index contributed by atoms with van der Waals surface area (Å²) in [4.78, 5) is 11.3. The Bertz CT molecular complexity index is 614. The highest BCUT2D eigenvalue weighted by Crippen LogP contribution is 2.25. The number of halogens is 1. The first-order chi connectivity index (χ1) is 9.63. The zero-order chi connectivity index (χ0) is 14.1. The Balaban J connectivity index is 1.91. The van der Waals surface area contributed by atoms with Crippen LogP contribution in [0.15, 0.2) is 24.4 Å². The minimum atomic E-state index is -0.244. The highest BCUT2D eigenvalue weighted by atomic mass is 19.1. The lowest BCUT2D eigenvalue weighted by atomic mass is 9.93. The molecular weight excluding hydrogens is 253 g/mol. The summed E-state index contributed by atoms with van der Waals surface area (Å²) < 4.78 is 13.2. The van der Waals surface area contributed by atoms with E-state index in [-0.39, 0.29) is 5.82 Å². The van der Waals surface area contributed by atoms with E-state index in [0.29, 0.717) is 5.92 Å². The van der Waals surface area contributed by atoms with Gasteiger partial charge in [-0.2, -0.15) is 0 Å².